The first-order chi connectivity index (χ1) is 15.5. The number of carbonyl (C=O) groups is 1. The molecule has 2 fully saturated rings. The molecule has 2 unspecified atom stereocenters. The lowest BCUT2D eigenvalue weighted by atomic mass is 9.70. The Labute approximate surface area is 188 Å². The van der Waals surface area contributed by atoms with E-state index in [2.05, 4.69) is 15.6 Å². The van der Waals surface area contributed by atoms with Crippen LogP contribution in [0, 0.1) is 23.1 Å². The summed E-state index contributed by atoms with van der Waals surface area (Å²) < 4.78 is 74.5. The maximum atomic E-state index is 15.3. The number of hydrogen-bond donors (Lipinski definition) is 3. The SMILES string of the molecule is CC1C(NC(=O)c2ccc(F)cn2)=CC=C(F)C1[C@]12CO[C@@H](CF)[C@H]1S(=O)(=O)N(C)C(=N)N2. The van der Waals surface area contributed by atoms with Crippen molar-refractivity contribution in [2.45, 2.75) is 23.8 Å². The van der Waals surface area contributed by atoms with Crippen molar-refractivity contribution < 1.29 is 31.1 Å². The van der Waals surface area contributed by atoms with Crippen LogP contribution in [-0.4, -0.2) is 66.8 Å². The highest BCUT2D eigenvalue weighted by molar-refractivity contribution is 7.90. The average molecular weight is 485 g/mol. The molecule has 0 saturated carbocycles. The van der Waals surface area contributed by atoms with E-state index in [-0.39, 0.29) is 18.0 Å². The van der Waals surface area contributed by atoms with Gasteiger partial charge in [-0.15, -0.1) is 0 Å². The predicted octanol–water partition coefficient (Wildman–Crippen LogP) is 1.23. The quantitative estimate of drug-likeness (QED) is 0.589. The number of nitrogens with one attached hydrogen (secondary N) is 3. The van der Waals surface area contributed by atoms with Crippen LogP contribution in [0.2, 0.25) is 0 Å². The molecule has 3 heterocycles. The Hall–Kier alpha value is -2.93. The molecule has 4 rings (SSSR count). The van der Waals surface area contributed by atoms with Crippen LogP contribution in [0.5, 0.6) is 0 Å². The van der Waals surface area contributed by atoms with Gasteiger partial charge in [0.2, 0.25) is 16.0 Å². The third-order valence-electron chi connectivity index (χ3n) is 6.38. The van der Waals surface area contributed by atoms with Gasteiger partial charge in [0.15, 0.2) is 0 Å². The minimum atomic E-state index is -4.26. The number of carbonyl (C=O) groups excluding carboxylic acids is 1. The second-order valence-electron chi connectivity index (χ2n) is 8.21. The molecule has 1 aromatic heterocycles. The monoisotopic (exact) mass is 485 g/mol. The maximum absolute atomic E-state index is 15.3. The predicted molar refractivity (Wildman–Crippen MR) is 111 cm³/mol. The summed E-state index contributed by atoms with van der Waals surface area (Å²) in [6, 6.07) is 2.25. The van der Waals surface area contributed by atoms with E-state index in [1.165, 1.54) is 12.1 Å². The maximum Gasteiger partial charge on any atom is 0.274 e. The summed E-state index contributed by atoms with van der Waals surface area (Å²) in [5, 5.41) is 12.0. The van der Waals surface area contributed by atoms with Crippen LogP contribution in [0.15, 0.2) is 42.0 Å². The minimum absolute atomic E-state index is 0.0735. The molecular formula is C20H22F3N5O4S. The summed E-state index contributed by atoms with van der Waals surface area (Å²) in [5.41, 5.74) is -1.51. The molecule has 1 amide bonds. The summed E-state index contributed by atoms with van der Waals surface area (Å²) in [6.45, 7) is 0.0988. The van der Waals surface area contributed by atoms with Gasteiger partial charge in [0.1, 0.15) is 35.4 Å². The minimum Gasteiger partial charge on any atom is -0.371 e. The zero-order valence-corrected chi connectivity index (χ0v) is 18.5. The summed E-state index contributed by atoms with van der Waals surface area (Å²) in [4.78, 5) is 16.3. The number of ether oxygens (including phenoxy) is 1. The van der Waals surface area contributed by atoms with Crippen molar-refractivity contribution in [3.8, 4) is 0 Å². The molecule has 1 aromatic rings. The second kappa shape index (κ2) is 8.13. The van der Waals surface area contributed by atoms with E-state index in [0.29, 0.717) is 4.31 Å². The second-order valence-corrected chi connectivity index (χ2v) is 10.3. The van der Waals surface area contributed by atoms with E-state index >= 15 is 4.39 Å². The smallest absolute Gasteiger partial charge is 0.274 e. The number of allylic oxidation sites excluding steroid dienone is 3. The van der Waals surface area contributed by atoms with Crippen LogP contribution >= 0.6 is 0 Å². The van der Waals surface area contributed by atoms with Crippen molar-refractivity contribution in [3.05, 3.63) is 53.5 Å². The van der Waals surface area contributed by atoms with E-state index in [1.807, 2.05) is 0 Å². The van der Waals surface area contributed by atoms with Gasteiger partial charge in [0, 0.05) is 24.6 Å². The Balaban J connectivity index is 1.70. The van der Waals surface area contributed by atoms with Gasteiger partial charge >= 0.3 is 0 Å². The number of hydrogen-bond acceptors (Lipinski definition) is 6. The number of pyridine rings is 1. The molecule has 0 radical (unpaired) electrons. The van der Waals surface area contributed by atoms with Crippen molar-refractivity contribution in [3.63, 3.8) is 0 Å². The van der Waals surface area contributed by atoms with Gasteiger partial charge in [0.05, 0.1) is 18.3 Å². The van der Waals surface area contributed by atoms with Crippen LogP contribution in [0.25, 0.3) is 0 Å². The Morgan fingerprint density at radius 3 is 2.76 bits per heavy atom. The van der Waals surface area contributed by atoms with Crippen molar-refractivity contribution in [1.82, 2.24) is 19.9 Å². The highest BCUT2D eigenvalue weighted by atomic mass is 32.2. The highest BCUT2D eigenvalue weighted by Crippen LogP contribution is 2.48. The number of guanidine groups is 1. The molecule has 3 aliphatic rings. The van der Waals surface area contributed by atoms with E-state index in [4.69, 9.17) is 10.1 Å². The van der Waals surface area contributed by atoms with Gasteiger partial charge < -0.3 is 15.4 Å². The first-order valence-corrected chi connectivity index (χ1v) is 11.6. The molecule has 33 heavy (non-hydrogen) atoms. The Kier molecular flexibility index (Phi) is 5.73. The van der Waals surface area contributed by atoms with Crippen LogP contribution in [-0.2, 0) is 14.8 Å². The van der Waals surface area contributed by atoms with Gasteiger partial charge in [0.25, 0.3) is 5.91 Å². The van der Waals surface area contributed by atoms with Crippen molar-refractivity contribution >= 4 is 21.9 Å². The third-order valence-corrected chi connectivity index (χ3v) is 8.70. The first kappa shape index (κ1) is 23.2. The van der Waals surface area contributed by atoms with Gasteiger partial charge in [-0.2, -0.15) is 0 Å². The van der Waals surface area contributed by atoms with E-state index < -0.39 is 68.9 Å². The van der Waals surface area contributed by atoms with Crippen LogP contribution in [0.4, 0.5) is 13.2 Å². The van der Waals surface area contributed by atoms with Gasteiger partial charge in [-0.1, -0.05) is 6.92 Å². The molecule has 2 aliphatic heterocycles. The topological polar surface area (TPSA) is 124 Å². The summed E-state index contributed by atoms with van der Waals surface area (Å²) in [6.07, 6.45) is 1.94. The van der Waals surface area contributed by atoms with Gasteiger partial charge in [-0.3, -0.25) is 10.2 Å². The molecule has 1 aliphatic carbocycles. The Morgan fingerprint density at radius 2 is 2.12 bits per heavy atom. The van der Waals surface area contributed by atoms with E-state index in [9.17, 15) is 22.0 Å². The number of nitrogens with zero attached hydrogens (tertiary/aromatic N) is 2. The van der Waals surface area contributed by atoms with E-state index in [0.717, 1.165) is 25.4 Å². The van der Waals surface area contributed by atoms with Crippen molar-refractivity contribution in [1.29, 1.82) is 5.41 Å². The first-order valence-electron chi connectivity index (χ1n) is 10.0. The van der Waals surface area contributed by atoms with Crippen molar-refractivity contribution in [2.24, 2.45) is 11.8 Å². The average Bonchev–Trinajstić information content (AvgIpc) is 3.15. The summed E-state index contributed by atoms with van der Waals surface area (Å²) >= 11 is 0. The molecule has 0 spiro atoms. The fraction of sp³-hybridized carbons (Fsp3) is 0.450. The van der Waals surface area contributed by atoms with E-state index in [1.54, 1.807) is 6.92 Å². The Morgan fingerprint density at radius 1 is 1.39 bits per heavy atom. The number of aromatic nitrogens is 1. The number of sulfonamides is 1. The largest absolute Gasteiger partial charge is 0.371 e. The normalized spacial score (nSPS) is 33.0. The number of fused-ring (bicyclic) bond motifs is 1. The number of halogens is 3. The lowest BCUT2D eigenvalue weighted by molar-refractivity contribution is 0.0753. The molecular weight excluding hydrogens is 463 g/mol. The van der Waals surface area contributed by atoms with Crippen LogP contribution < -0.4 is 10.6 Å². The standard InChI is InChI=1S/C20H22F3N5O4S/c1-10-13(26-18(29)14-5-3-11(22)8-25-14)6-4-12(23)16(10)20-9-32-15(7-21)17(20)33(30,31)28(2)19(24)27-20/h3-6,8,10,15-17H,7,9H2,1-2H3,(H2,24,27)(H,26,29)/t10?,15-,16?,17+,20+/m0/s1. The highest BCUT2D eigenvalue weighted by Gasteiger charge is 2.66. The summed E-state index contributed by atoms with van der Waals surface area (Å²) in [5.74, 6) is -4.49. The fourth-order valence-corrected chi connectivity index (χ4v) is 6.75. The Bertz CT molecular complexity index is 1160. The molecule has 3 N–H and O–H groups in total. The molecule has 5 atom stereocenters. The zero-order valence-electron chi connectivity index (χ0n) is 17.7. The number of amides is 1. The van der Waals surface area contributed by atoms with Crippen LogP contribution in [0.1, 0.15) is 17.4 Å². The van der Waals surface area contributed by atoms with Gasteiger partial charge in [-0.05, 0) is 24.3 Å². The molecule has 2 saturated heterocycles. The molecule has 178 valence electrons. The van der Waals surface area contributed by atoms with Gasteiger partial charge in [-0.25, -0.2) is 30.9 Å². The number of alkyl halides is 1. The molecule has 13 heteroatoms. The lowest BCUT2D eigenvalue weighted by Crippen LogP contribution is -2.73. The molecule has 0 aromatic carbocycles. The lowest BCUT2D eigenvalue weighted by Gasteiger charge is -2.49. The van der Waals surface area contributed by atoms with Crippen LogP contribution in [0.3, 0.4) is 0 Å². The fourth-order valence-electron chi connectivity index (χ4n) is 4.77. The van der Waals surface area contributed by atoms with Crippen molar-refractivity contribution in [2.75, 3.05) is 20.3 Å². The third kappa shape index (κ3) is 3.59. The summed E-state index contributed by atoms with van der Waals surface area (Å²) in [7, 11) is -3.10. The molecule has 9 nitrogen and oxygen atoms in total. The number of rotatable bonds is 4. The molecule has 0 bridgehead atoms. The zero-order chi connectivity index (χ0) is 24.1.